The number of imide groups is 2. The minimum absolute atomic E-state index is 0.0234. The first kappa shape index (κ1) is 20.0. The van der Waals surface area contributed by atoms with E-state index in [1.807, 2.05) is 12.1 Å². The molecule has 0 aromatic heterocycles. The lowest BCUT2D eigenvalue weighted by Gasteiger charge is -2.26. The average molecular weight is 391 g/mol. The normalized spacial score (nSPS) is 16.7. The highest BCUT2D eigenvalue weighted by atomic mass is 16.4. The van der Waals surface area contributed by atoms with Crippen molar-refractivity contribution in [1.82, 2.24) is 5.32 Å². The van der Waals surface area contributed by atoms with Gasteiger partial charge in [0.05, 0.1) is 11.7 Å². The standard InChI is InChI=1S/C22H20N2O5/c1-3-13(2)15-8-10-17(11-9-15)24-20(26)18(19(25)23-22(24)29)12-14-4-6-16(7-5-14)21(27)28/h4-13H,3H2,1-2H3,(H,27,28)(H,23,25,29)/p-1/b18-12+/t13-/m0/s1. The summed E-state index contributed by atoms with van der Waals surface area (Å²) in [6.45, 7) is 4.15. The zero-order chi connectivity index (χ0) is 21.1. The zero-order valence-electron chi connectivity index (χ0n) is 16.0. The fourth-order valence-corrected chi connectivity index (χ4v) is 2.96. The van der Waals surface area contributed by atoms with Gasteiger partial charge < -0.3 is 9.90 Å². The minimum Gasteiger partial charge on any atom is -0.545 e. The quantitative estimate of drug-likeness (QED) is 0.621. The molecule has 7 heteroatoms. The number of benzene rings is 2. The number of nitrogens with zero attached hydrogens (tertiary/aromatic N) is 1. The van der Waals surface area contributed by atoms with E-state index in [0.717, 1.165) is 16.9 Å². The lowest BCUT2D eigenvalue weighted by atomic mass is 9.98. The molecule has 0 unspecified atom stereocenters. The van der Waals surface area contributed by atoms with E-state index < -0.39 is 23.8 Å². The van der Waals surface area contributed by atoms with Crippen molar-refractivity contribution in [3.05, 3.63) is 70.8 Å². The van der Waals surface area contributed by atoms with Gasteiger partial charge in [0.2, 0.25) is 0 Å². The third-order valence-electron chi connectivity index (χ3n) is 4.89. The van der Waals surface area contributed by atoms with Gasteiger partial charge in [-0.3, -0.25) is 14.9 Å². The number of rotatable bonds is 5. The molecule has 1 heterocycles. The summed E-state index contributed by atoms with van der Waals surface area (Å²) in [5, 5.41) is 13.0. The highest BCUT2D eigenvalue weighted by molar-refractivity contribution is 6.39. The Morgan fingerprint density at radius 3 is 2.24 bits per heavy atom. The van der Waals surface area contributed by atoms with Crippen molar-refractivity contribution >= 4 is 35.6 Å². The average Bonchev–Trinajstić information content (AvgIpc) is 2.71. The van der Waals surface area contributed by atoms with Crippen molar-refractivity contribution in [2.24, 2.45) is 0 Å². The Labute approximate surface area is 167 Å². The van der Waals surface area contributed by atoms with E-state index in [-0.39, 0.29) is 11.1 Å². The first-order valence-electron chi connectivity index (χ1n) is 9.14. The molecule has 7 nitrogen and oxygen atoms in total. The molecule has 1 N–H and O–H groups in total. The van der Waals surface area contributed by atoms with E-state index in [1.165, 1.54) is 30.3 Å². The Kier molecular flexibility index (Phi) is 5.59. The lowest BCUT2D eigenvalue weighted by Crippen LogP contribution is -2.54. The molecule has 1 fully saturated rings. The van der Waals surface area contributed by atoms with Crippen LogP contribution in [0.4, 0.5) is 10.5 Å². The van der Waals surface area contributed by atoms with Crippen LogP contribution in [-0.2, 0) is 9.59 Å². The maximum absolute atomic E-state index is 12.9. The zero-order valence-corrected chi connectivity index (χ0v) is 16.0. The molecular formula is C22H19N2O5-. The van der Waals surface area contributed by atoms with Gasteiger partial charge in [0.25, 0.3) is 11.8 Å². The Bertz CT molecular complexity index is 1010. The number of nitrogens with one attached hydrogen (secondary N) is 1. The molecule has 0 bridgehead atoms. The Hall–Kier alpha value is -3.74. The molecule has 1 aliphatic rings. The summed E-state index contributed by atoms with van der Waals surface area (Å²) < 4.78 is 0. The summed E-state index contributed by atoms with van der Waals surface area (Å²) in [6, 6.07) is 11.7. The maximum atomic E-state index is 12.9. The van der Waals surface area contributed by atoms with Crippen LogP contribution in [-0.4, -0.2) is 23.8 Å². The highest BCUT2D eigenvalue weighted by Crippen LogP contribution is 2.25. The second kappa shape index (κ2) is 8.10. The van der Waals surface area contributed by atoms with Gasteiger partial charge in [0, 0.05) is 0 Å². The van der Waals surface area contributed by atoms with Crippen LogP contribution in [0.1, 0.15) is 47.7 Å². The second-order valence-corrected chi connectivity index (χ2v) is 6.77. The van der Waals surface area contributed by atoms with Crippen molar-refractivity contribution in [3.8, 4) is 0 Å². The van der Waals surface area contributed by atoms with E-state index in [4.69, 9.17) is 0 Å². The second-order valence-electron chi connectivity index (χ2n) is 6.77. The molecular weight excluding hydrogens is 372 g/mol. The van der Waals surface area contributed by atoms with E-state index in [1.54, 1.807) is 12.1 Å². The number of carboxylic acid groups (broad SMARTS) is 1. The number of aromatic carboxylic acids is 1. The van der Waals surface area contributed by atoms with Crippen molar-refractivity contribution in [2.45, 2.75) is 26.2 Å². The number of carbonyl (C=O) groups excluding carboxylic acids is 4. The Morgan fingerprint density at radius 2 is 1.69 bits per heavy atom. The predicted octanol–water partition coefficient (Wildman–Crippen LogP) is 2.23. The van der Waals surface area contributed by atoms with E-state index in [0.29, 0.717) is 17.2 Å². The number of hydrogen-bond donors (Lipinski definition) is 1. The van der Waals surface area contributed by atoms with Gasteiger partial charge in [-0.1, -0.05) is 50.2 Å². The number of anilines is 1. The van der Waals surface area contributed by atoms with E-state index in [2.05, 4.69) is 19.2 Å². The van der Waals surface area contributed by atoms with Crippen LogP contribution in [0.15, 0.2) is 54.1 Å². The fourth-order valence-electron chi connectivity index (χ4n) is 2.96. The first-order valence-corrected chi connectivity index (χ1v) is 9.14. The molecule has 1 saturated heterocycles. The first-order chi connectivity index (χ1) is 13.8. The molecule has 29 heavy (non-hydrogen) atoms. The van der Waals surface area contributed by atoms with Crippen LogP contribution in [0.3, 0.4) is 0 Å². The van der Waals surface area contributed by atoms with Gasteiger partial charge in [0.1, 0.15) is 5.57 Å². The number of carbonyl (C=O) groups is 4. The number of urea groups is 1. The molecule has 0 aliphatic carbocycles. The third kappa shape index (κ3) is 4.08. The predicted molar refractivity (Wildman–Crippen MR) is 105 cm³/mol. The van der Waals surface area contributed by atoms with Gasteiger partial charge in [-0.15, -0.1) is 0 Å². The minimum atomic E-state index is -1.33. The molecule has 1 atom stereocenters. The van der Waals surface area contributed by atoms with E-state index in [9.17, 15) is 24.3 Å². The molecule has 0 spiro atoms. The Morgan fingerprint density at radius 1 is 1.07 bits per heavy atom. The summed E-state index contributed by atoms with van der Waals surface area (Å²) in [5.74, 6) is -2.54. The summed E-state index contributed by atoms with van der Waals surface area (Å²) in [6.07, 6.45) is 2.27. The highest BCUT2D eigenvalue weighted by Gasteiger charge is 2.36. The molecule has 4 amide bonds. The van der Waals surface area contributed by atoms with Crippen molar-refractivity contribution in [1.29, 1.82) is 0 Å². The van der Waals surface area contributed by atoms with Crippen molar-refractivity contribution in [2.75, 3.05) is 4.90 Å². The van der Waals surface area contributed by atoms with Crippen LogP contribution in [0.5, 0.6) is 0 Å². The van der Waals surface area contributed by atoms with Gasteiger partial charge in [-0.2, -0.15) is 0 Å². The number of carboxylic acids is 1. The molecule has 2 aromatic rings. The topological polar surface area (TPSA) is 107 Å². The summed E-state index contributed by atoms with van der Waals surface area (Å²) in [5.41, 5.74) is 1.63. The van der Waals surface area contributed by atoms with Crippen LogP contribution in [0.2, 0.25) is 0 Å². The number of barbiturate groups is 1. The number of hydrogen-bond acceptors (Lipinski definition) is 5. The van der Waals surface area contributed by atoms with E-state index >= 15 is 0 Å². The molecule has 0 saturated carbocycles. The van der Waals surface area contributed by atoms with Crippen molar-refractivity contribution < 1.29 is 24.3 Å². The van der Waals surface area contributed by atoms with Crippen LogP contribution in [0, 0.1) is 0 Å². The van der Waals surface area contributed by atoms with Gasteiger partial charge in [0.15, 0.2) is 0 Å². The van der Waals surface area contributed by atoms with Crippen molar-refractivity contribution in [3.63, 3.8) is 0 Å². The van der Waals surface area contributed by atoms with Gasteiger partial charge >= 0.3 is 6.03 Å². The molecule has 1 aliphatic heterocycles. The third-order valence-corrected chi connectivity index (χ3v) is 4.89. The molecule has 2 aromatic carbocycles. The number of amides is 4. The maximum Gasteiger partial charge on any atom is 0.335 e. The SMILES string of the molecule is CC[C@H](C)c1ccc(N2C(=O)NC(=O)/C(=C\c3ccc(C(=O)[O-])cc3)C2=O)cc1. The molecule has 3 rings (SSSR count). The van der Waals surface area contributed by atoms with Gasteiger partial charge in [-0.25, -0.2) is 9.69 Å². The smallest absolute Gasteiger partial charge is 0.335 e. The fraction of sp³-hybridized carbons (Fsp3) is 0.182. The Balaban J connectivity index is 1.92. The largest absolute Gasteiger partial charge is 0.545 e. The van der Waals surface area contributed by atoms with Crippen LogP contribution < -0.4 is 15.3 Å². The summed E-state index contributed by atoms with van der Waals surface area (Å²) >= 11 is 0. The van der Waals surface area contributed by atoms with Crippen LogP contribution in [0.25, 0.3) is 6.08 Å². The van der Waals surface area contributed by atoms with Gasteiger partial charge in [-0.05, 0) is 47.2 Å². The monoisotopic (exact) mass is 391 g/mol. The van der Waals surface area contributed by atoms with Crippen LogP contribution >= 0.6 is 0 Å². The molecule has 0 radical (unpaired) electrons. The lowest BCUT2D eigenvalue weighted by molar-refractivity contribution is -0.255. The summed E-state index contributed by atoms with van der Waals surface area (Å²) in [4.78, 5) is 49.1. The summed E-state index contributed by atoms with van der Waals surface area (Å²) in [7, 11) is 0. The molecule has 148 valence electrons.